The molecule has 24 heavy (non-hydrogen) atoms. The third kappa shape index (κ3) is 2.49. The van der Waals surface area contributed by atoms with E-state index in [-0.39, 0.29) is 0 Å². The van der Waals surface area contributed by atoms with Crippen LogP contribution in [0.2, 0.25) is 0 Å². The molecule has 0 aromatic heterocycles. The number of benzene rings is 1. The van der Waals surface area contributed by atoms with Crippen LogP contribution in [0, 0.1) is 17.3 Å². The molecule has 1 aromatic carbocycles. The first kappa shape index (κ1) is 16.4. The Labute approximate surface area is 146 Å². The average molecular weight is 328 g/mol. The summed E-state index contributed by atoms with van der Waals surface area (Å²) in [5.74, 6) is 3.54. The third-order valence-corrected chi connectivity index (χ3v) is 7.37. The van der Waals surface area contributed by atoms with Crippen LogP contribution in [0.3, 0.4) is 0 Å². The monoisotopic (exact) mass is 328 g/mol. The van der Waals surface area contributed by atoms with Gasteiger partial charge in [-0.3, -0.25) is 0 Å². The lowest BCUT2D eigenvalue weighted by Crippen LogP contribution is -2.44. The molecule has 3 aliphatic carbocycles. The molecule has 0 amide bonds. The number of methoxy groups -OCH3 is 1. The quantitative estimate of drug-likeness (QED) is 0.742. The van der Waals surface area contributed by atoms with E-state index in [1.54, 1.807) is 11.1 Å². The average Bonchev–Trinajstić information content (AvgIpc) is 2.95. The van der Waals surface area contributed by atoms with Crippen LogP contribution in [0.4, 0.5) is 0 Å². The van der Waals surface area contributed by atoms with Gasteiger partial charge in [-0.05, 0) is 91.4 Å². The van der Waals surface area contributed by atoms with Gasteiger partial charge >= 0.3 is 0 Å². The first-order valence-corrected chi connectivity index (χ1v) is 9.95. The predicted octanol–water partition coefficient (Wildman–Crippen LogP) is 5.35. The van der Waals surface area contributed by atoms with E-state index in [9.17, 15) is 0 Å². The molecule has 0 radical (unpaired) electrons. The second kappa shape index (κ2) is 6.37. The predicted molar refractivity (Wildman–Crippen MR) is 97.6 cm³/mol. The fourth-order valence-electron chi connectivity index (χ4n) is 6.21. The summed E-state index contributed by atoms with van der Waals surface area (Å²) in [5.41, 5.74) is 3.59. The SMILES string of the molecule is CCCOc1ccc2c(c1)CC[C@H]1[C@@H]2CC[C@@]2(C)[C@@H](OC)CC[C@H]12. The summed E-state index contributed by atoms with van der Waals surface area (Å²) >= 11 is 0. The molecule has 4 rings (SSSR count). The van der Waals surface area contributed by atoms with Crippen LogP contribution in [0.15, 0.2) is 18.2 Å². The number of ether oxygens (including phenoxy) is 2. The van der Waals surface area contributed by atoms with Crippen molar-refractivity contribution in [2.45, 2.75) is 70.8 Å². The van der Waals surface area contributed by atoms with E-state index in [4.69, 9.17) is 9.47 Å². The van der Waals surface area contributed by atoms with Gasteiger partial charge < -0.3 is 9.47 Å². The van der Waals surface area contributed by atoms with Crippen molar-refractivity contribution in [3.63, 3.8) is 0 Å². The zero-order chi connectivity index (χ0) is 16.7. The summed E-state index contributed by atoms with van der Waals surface area (Å²) in [6.45, 7) is 5.49. The Morgan fingerprint density at radius 1 is 1.17 bits per heavy atom. The Morgan fingerprint density at radius 3 is 2.83 bits per heavy atom. The Hall–Kier alpha value is -1.02. The van der Waals surface area contributed by atoms with Gasteiger partial charge in [-0.2, -0.15) is 0 Å². The summed E-state index contributed by atoms with van der Waals surface area (Å²) in [6.07, 6.45) is 9.42. The Kier molecular flexibility index (Phi) is 4.36. The van der Waals surface area contributed by atoms with Gasteiger partial charge in [-0.15, -0.1) is 0 Å². The molecule has 132 valence electrons. The molecule has 0 N–H and O–H groups in total. The molecule has 0 bridgehead atoms. The van der Waals surface area contributed by atoms with Crippen molar-refractivity contribution in [3.8, 4) is 5.75 Å². The van der Waals surface area contributed by atoms with Crippen molar-refractivity contribution in [1.82, 2.24) is 0 Å². The number of aryl methyl sites for hydroxylation is 1. The second-order valence-corrected chi connectivity index (χ2v) is 8.47. The van der Waals surface area contributed by atoms with Gasteiger partial charge in [0.05, 0.1) is 12.7 Å². The van der Waals surface area contributed by atoms with Crippen LogP contribution < -0.4 is 4.74 Å². The Bertz CT molecular complexity index is 596. The maximum atomic E-state index is 5.87. The summed E-state index contributed by atoms with van der Waals surface area (Å²) < 4.78 is 11.7. The molecular weight excluding hydrogens is 296 g/mol. The number of rotatable bonds is 4. The molecule has 5 atom stereocenters. The zero-order valence-corrected chi connectivity index (χ0v) is 15.5. The lowest BCUT2D eigenvalue weighted by atomic mass is 9.55. The second-order valence-electron chi connectivity index (χ2n) is 8.47. The minimum atomic E-state index is 0.414. The van der Waals surface area contributed by atoms with Crippen LogP contribution in [-0.4, -0.2) is 19.8 Å². The van der Waals surface area contributed by atoms with Crippen molar-refractivity contribution in [1.29, 1.82) is 0 Å². The fourth-order valence-corrected chi connectivity index (χ4v) is 6.21. The smallest absolute Gasteiger partial charge is 0.119 e. The number of hydrogen-bond donors (Lipinski definition) is 0. The van der Waals surface area contributed by atoms with E-state index in [1.165, 1.54) is 38.5 Å². The van der Waals surface area contributed by atoms with Crippen LogP contribution in [0.1, 0.15) is 69.4 Å². The van der Waals surface area contributed by atoms with E-state index < -0.39 is 0 Å². The van der Waals surface area contributed by atoms with Gasteiger partial charge in [0.1, 0.15) is 5.75 Å². The van der Waals surface area contributed by atoms with Gasteiger partial charge in [0.2, 0.25) is 0 Å². The van der Waals surface area contributed by atoms with Crippen LogP contribution >= 0.6 is 0 Å². The topological polar surface area (TPSA) is 18.5 Å². The largest absolute Gasteiger partial charge is 0.494 e. The highest BCUT2D eigenvalue weighted by atomic mass is 16.5. The summed E-state index contributed by atoms with van der Waals surface area (Å²) in [5, 5.41) is 0. The molecule has 2 heteroatoms. The lowest BCUT2D eigenvalue weighted by Gasteiger charge is -2.50. The highest BCUT2D eigenvalue weighted by molar-refractivity contribution is 5.40. The standard InChI is InChI=1S/C22H32O2/c1-4-13-24-16-6-8-17-15(14-16)5-7-19-18(17)11-12-22(2)20(19)9-10-21(22)23-3/h6,8,14,18-21H,4-5,7,9-13H2,1-3H3/t18-,19+,20-,21+,22-/m1/s1. The van der Waals surface area contributed by atoms with Crippen molar-refractivity contribution in [2.24, 2.45) is 17.3 Å². The van der Waals surface area contributed by atoms with Gasteiger partial charge in [-0.25, -0.2) is 0 Å². The van der Waals surface area contributed by atoms with Crippen LogP contribution in [0.25, 0.3) is 0 Å². The van der Waals surface area contributed by atoms with Crippen molar-refractivity contribution in [3.05, 3.63) is 29.3 Å². The molecule has 2 fully saturated rings. The first-order chi connectivity index (χ1) is 11.7. The van der Waals surface area contributed by atoms with E-state index in [1.807, 2.05) is 7.11 Å². The minimum Gasteiger partial charge on any atom is -0.494 e. The van der Waals surface area contributed by atoms with E-state index in [0.717, 1.165) is 36.5 Å². The van der Waals surface area contributed by atoms with Gasteiger partial charge in [0, 0.05) is 7.11 Å². The highest BCUT2D eigenvalue weighted by Gasteiger charge is 2.54. The minimum absolute atomic E-state index is 0.414. The fraction of sp³-hybridized carbons (Fsp3) is 0.727. The Balaban J connectivity index is 1.58. The zero-order valence-electron chi connectivity index (χ0n) is 15.5. The van der Waals surface area contributed by atoms with E-state index in [2.05, 4.69) is 32.0 Å². The van der Waals surface area contributed by atoms with Gasteiger partial charge in [-0.1, -0.05) is 19.9 Å². The number of fused-ring (bicyclic) bond motifs is 5. The summed E-state index contributed by atoms with van der Waals surface area (Å²) in [4.78, 5) is 0. The van der Waals surface area contributed by atoms with Gasteiger partial charge in [0.25, 0.3) is 0 Å². The maximum Gasteiger partial charge on any atom is 0.119 e. The van der Waals surface area contributed by atoms with Crippen molar-refractivity contribution >= 4 is 0 Å². The van der Waals surface area contributed by atoms with Crippen molar-refractivity contribution < 1.29 is 9.47 Å². The normalized spacial score (nSPS) is 37.5. The van der Waals surface area contributed by atoms with Crippen LogP contribution in [0.5, 0.6) is 5.75 Å². The molecule has 2 saturated carbocycles. The summed E-state index contributed by atoms with van der Waals surface area (Å²) in [7, 11) is 1.92. The molecule has 0 aliphatic heterocycles. The lowest BCUT2D eigenvalue weighted by molar-refractivity contribution is -0.0444. The van der Waals surface area contributed by atoms with E-state index in [0.29, 0.717) is 11.5 Å². The molecular formula is C22H32O2. The summed E-state index contributed by atoms with van der Waals surface area (Å²) in [6, 6.07) is 6.90. The molecule has 1 aromatic rings. The van der Waals surface area contributed by atoms with Gasteiger partial charge in [0.15, 0.2) is 0 Å². The molecule has 3 aliphatic rings. The molecule has 2 nitrogen and oxygen atoms in total. The molecule has 0 spiro atoms. The number of hydrogen-bond acceptors (Lipinski definition) is 2. The molecule has 0 unspecified atom stereocenters. The van der Waals surface area contributed by atoms with Crippen molar-refractivity contribution in [2.75, 3.05) is 13.7 Å². The first-order valence-electron chi connectivity index (χ1n) is 9.95. The molecule has 0 saturated heterocycles. The van der Waals surface area contributed by atoms with E-state index >= 15 is 0 Å². The highest BCUT2D eigenvalue weighted by Crippen LogP contribution is 2.61. The molecule has 0 heterocycles. The van der Waals surface area contributed by atoms with Crippen LogP contribution in [-0.2, 0) is 11.2 Å². The maximum absolute atomic E-state index is 5.87. The Morgan fingerprint density at radius 2 is 2.04 bits per heavy atom. The third-order valence-electron chi connectivity index (χ3n) is 7.37.